The first-order valence-corrected chi connectivity index (χ1v) is 8.73. The Balaban J connectivity index is 1.82. The summed E-state index contributed by atoms with van der Waals surface area (Å²) in [5.41, 5.74) is 4.55. The molecule has 2 aromatic carbocycles. The average Bonchev–Trinajstić information content (AvgIpc) is 2.60. The second kappa shape index (κ2) is 7.08. The van der Waals surface area contributed by atoms with E-state index in [4.69, 9.17) is 4.74 Å². The van der Waals surface area contributed by atoms with E-state index in [9.17, 15) is 4.79 Å². The molecule has 0 radical (unpaired) electrons. The Bertz CT molecular complexity index is 738. The van der Waals surface area contributed by atoms with Gasteiger partial charge in [0.05, 0.1) is 0 Å². The van der Waals surface area contributed by atoms with E-state index < -0.39 is 6.10 Å². The Labute approximate surface area is 144 Å². The van der Waals surface area contributed by atoms with Crippen LogP contribution in [0.15, 0.2) is 42.5 Å². The molecule has 1 aliphatic rings. The molecule has 1 heterocycles. The lowest BCUT2D eigenvalue weighted by Crippen LogP contribution is -2.44. The van der Waals surface area contributed by atoms with Crippen molar-refractivity contribution in [3.63, 3.8) is 0 Å². The number of hydrogen-bond donors (Lipinski definition) is 0. The Morgan fingerprint density at radius 3 is 2.75 bits per heavy atom. The van der Waals surface area contributed by atoms with Gasteiger partial charge < -0.3 is 9.64 Å². The van der Waals surface area contributed by atoms with Crippen LogP contribution < -0.4 is 9.64 Å². The molecule has 1 atom stereocenters. The number of amides is 1. The molecule has 0 aromatic heterocycles. The van der Waals surface area contributed by atoms with Gasteiger partial charge in [0.2, 0.25) is 0 Å². The van der Waals surface area contributed by atoms with Crippen molar-refractivity contribution in [3.8, 4) is 5.75 Å². The maximum atomic E-state index is 13.1. The summed E-state index contributed by atoms with van der Waals surface area (Å²) >= 11 is 0. The quantitative estimate of drug-likeness (QED) is 0.832. The predicted octanol–water partition coefficient (Wildman–Crippen LogP) is 4.44. The van der Waals surface area contributed by atoms with Crippen LogP contribution in [0.3, 0.4) is 0 Å². The molecule has 0 N–H and O–H groups in total. The zero-order chi connectivity index (χ0) is 17.1. The van der Waals surface area contributed by atoms with Gasteiger partial charge in [0.1, 0.15) is 5.75 Å². The number of fused-ring (bicyclic) bond motifs is 1. The first kappa shape index (κ1) is 16.6. The standard InChI is InChI=1S/C21H25NO2/c1-4-19(24-20-12-11-15(2)14-16(20)3)21(23)22-13-7-9-17-8-5-6-10-18(17)22/h5-6,8,10-12,14,19H,4,7,9,13H2,1-3H3/t19-/m1/s1. The van der Waals surface area contributed by atoms with E-state index in [-0.39, 0.29) is 5.91 Å². The van der Waals surface area contributed by atoms with Crippen LogP contribution in [0.1, 0.15) is 36.5 Å². The van der Waals surface area contributed by atoms with Crippen molar-refractivity contribution in [2.24, 2.45) is 0 Å². The lowest BCUT2D eigenvalue weighted by Gasteiger charge is -2.32. The lowest BCUT2D eigenvalue weighted by molar-refractivity contribution is -0.125. The largest absolute Gasteiger partial charge is 0.480 e. The summed E-state index contributed by atoms with van der Waals surface area (Å²) in [4.78, 5) is 15.0. The van der Waals surface area contributed by atoms with Crippen molar-refractivity contribution < 1.29 is 9.53 Å². The first-order chi connectivity index (χ1) is 11.6. The molecule has 3 rings (SSSR count). The van der Waals surface area contributed by atoms with Gasteiger partial charge in [-0.3, -0.25) is 4.79 Å². The zero-order valence-corrected chi connectivity index (χ0v) is 14.7. The second-order valence-electron chi connectivity index (χ2n) is 6.51. The fourth-order valence-corrected chi connectivity index (χ4v) is 3.33. The Morgan fingerprint density at radius 1 is 1.21 bits per heavy atom. The monoisotopic (exact) mass is 323 g/mol. The molecule has 0 unspecified atom stereocenters. The number of ether oxygens (including phenoxy) is 1. The van der Waals surface area contributed by atoms with Gasteiger partial charge in [0, 0.05) is 12.2 Å². The van der Waals surface area contributed by atoms with E-state index in [0.717, 1.165) is 36.4 Å². The molecule has 0 fully saturated rings. The minimum Gasteiger partial charge on any atom is -0.480 e. The third-order valence-corrected chi connectivity index (χ3v) is 4.62. The van der Waals surface area contributed by atoms with Crippen molar-refractivity contribution in [2.45, 2.75) is 46.1 Å². The number of hydrogen-bond acceptors (Lipinski definition) is 2. The maximum absolute atomic E-state index is 13.1. The molecule has 2 aromatic rings. The Kier molecular flexibility index (Phi) is 4.89. The summed E-state index contributed by atoms with van der Waals surface area (Å²) in [7, 11) is 0. The molecular formula is C21H25NO2. The zero-order valence-electron chi connectivity index (χ0n) is 14.7. The summed E-state index contributed by atoms with van der Waals surface area (Å²) in [6.45, 7) is 6.85. The van der Waals surface area contributed by atoms with E-state index in [1.165, 1.54) is 11.1 Å². The van der Waals surface area contributed by atoms with Crippen LogP contribution in [0.2, 0.25) is 0 Å². The number of anilines is 1. The summed E-state index contributed by atoms with van der Waals surface area (Å²) in [6.07, 6.45) is 2.25. The summed E-state index contributed by atoms with van der Waals surface area (Å²) in [5, 5.41) is 0. The van der Waals surface area contributed by atoms with Crippen molar-refractivity contribution >= 4 is 11.6 Å². The fraction of sp³-hybridized carbons (Fsp3) is 0.381. The van der Waals surface area contributed by atoms with Crippen molar-refractivity contribution in [3.05, 3.63) is 59.2 Å². The molecule has 126 valence electrons. The number of rotatable bonds is 4. The van der Waals surface area contributed by atoms with Gasteiger partial charge in [-0.25, -0.2) is 0 Å². The number of nitrogens with zero attached hydrogens (tertiary/aromatic N) is 1. The van der Waals surface area contributed by atoms with Gasteiger partial charge in [-0.15, -0.1) is 0 Å². The van der Waals surface area contributed by atoms with E-state index in [1.807, 2.05) is 49.1 Å². The van der Waals surface area contributed by atoms with Crippen LogP contribution in [0, 0.1) is 13.8 Å². The molecule has 1 amide bonds. The van der Waals surface area contributed by atoms with Crippen LogP contribution in [-0.2, 0) is 11.2 Å². The van der Waals surface area contributed by atoms with Gasteiger partial charge in [-0.2, -0.15) is 0 Å². The van der Waals surface area contributed by atoms with E-state index >= 15 is 0 Å². The number of para-hydroxylation sites is 1. The average molecular weight is 323 g/mol. The van der Waals surface area contributed by atoms with E-state index in [1.54, 1.807) is 0 Å². The molecule has 1 aliphatic heterocycles. The number of benzene rings is 2. The van der Waals surface area contributed by atoms with Crippen LogP contribution >= 0.6 is 0 Å². The molecule has 24 heavy (non-hydrogen) atoms. The van der Waals surface area contributed by atoms with Gasteiger partial charge in [0.25, 0.3) is 5.91 Å². The van der Waals surface area contributed by atoms with E-state index in [2.05, 4.69) is 19.1 Å². The Morgan fingerprint density at radius 2 is 2.00 bits per heavy atom. The normalized spacial score (nSPS) is 14.9. The van der Waals surface area contributed by atoms with Crippen LogP contribution in [-0.4, -0.2) is 18.6 Å². The lowest BCUT2D eigenvalue weighted by atomic mass is 10.0. The number of aryl methyl sites for hydroxylation is 3. The van der Waals surface area contributed by atoms with Crippen LogP contribution in [0.5, 0.6) is 5.75 Å². The highest BCUT2D eigenvalue weighted by atomic mass is 16.5. The molecule has 0 saturated carbocycles. The van der Waals surface area contributed by atoms with Crippen molar-refractivity contribution in [1.29, 1.82) is 0 Å². The molecule has 3 heteroatoms. The van der Waals surface area contributed by atoms with Gasteiger partial charge in [-0.05, 0) is 56.4 Å². The summed E-state index contributed by atoms with van der Waals surface area (Å²) in [5.74, 6) is 0.857. The summed E-state index contributed by atoms with van der Waals surface area (Å²) < 4.78 is 6.09. The van der Waals surface area contributed by atoms with Gasteiger partial charge in [0.15, 0.2) is 6.10 Å². The minimum absolute atomic E-state index is 0.0598. The van der Waals surface area contributed by atoms with Crippen molar-refractivity contribution in [2.75, 3.05) is 11.4 Å². The number of carbonyl (C=O) groups is 1. The predicted molar refractivity (Wildman–Crippen MR) is 97.7 cm³/mol. The molecule has 3 nitrogen and oxygen atoms in total. The van der Waals surface area contributed by atoms with Crippen LogP contribution in [0.4, 0.5) is 5.69 Å². The minimum atomic E-state index is -0.447. The molecular weight excluding hydrogens is 298 g/mol. The first-order valence-electron chi connectivity index (χ1n) is 8.73. The smallest absolute Gasteiger partial charge is 0.268 e. The highest BCUT2D eigenvalue weighted by Crippen LogP contribution is 2.29. The molecule has 0 bridgehead atoms. The highest BCUT2D eigenvalue weighted by molar-refractivity contribution is 5.97. The van der Waals surface area contributed by atoms with Crippen LogP contribution in [0.25, 0.3) is 0 Å². The highest BCUT2D eigenvalue weighted by Gasteiger charge is 2.29. The van der Waals surface area contributed by atoms with E-state index in [0.29, 0.717) is 6.42 Å². The SMILES string of the molecule is CC[C@@H](Oc1ccc(C)cc1C)C(=O)N1CCCc2ccccc21. The summed E-state index contributed by atoms with van der Waals surface area (Å²) in [6, 6.07) is 14.3. The third-order valence-electron chi connectivity index (χ3n) is 4.62. The van der Waals surface area contributed by atoms with Gasteiger partial charge in [-0.1, -0.05) is 42.8 Å². The molecule has 0 saturated heterocycles. The maximum Gasteiger partial charge on any atom is 0.268 e. The number of carbonyl (C=O) groups excluding carboxylic acids is 1. The van der Waals surface area contributed by atoms with Gasteiger partial charge >= 0.3 is 0 Å². The third kappa shape index (κ3) is 3.30. The molecule has 0 spiro atoms. The second-order valence-corrected chi connectivity index (χ2v) is 6.51. The topological polar surface area (TPSA) is 29.5 Å². The fourth-order valence-electron chi connectivity index (χ4n) is 3.33. The Hall–Kier alpha value is -2.29. The van der Waals surface area contributed by atoms with Crippen molar-refractivity contribution in [1.82, 2.24) is 0 Å². The molecule has 0 aliphatic carbocycles.